The summed E-state index contributed by atoms with van der Waals surface area (Å²) >= 11 is 0. The van der Waals surface area contributed by atoms with E-state index in [2.05, 4.69) is 10.6 Å². The van der Waals surface area contributed by atoms with Crippen molar-refractivity contribution in [3.8, 4) is 0 Å². The Morgan fingerprint density at radius 3 is 1.88 bits per heavy atom. The summed E-state index contributed by atoms with van der Waals surface area (Å²) in [6.45, 7) is 2.75. The monoisotopic (exact) mass is 343 g/mol. The van der Waals surface area contributed by atoms with Crippen LogP contribution in [0.5, 0.6) is 0 Å². The zero-order chi connectivity index (χ0) is 18.2. The maximum Gasteiger partial charge on any atom is 1.00 e. The van der Waals surface area contributed by atoms with Gasteiger partial charge in [-0.2, -0.15) is 0 Å². The Bertz CT molecular complexity index is 500. The van der Waals surface area contributed by atoms with Gasteiger partial charge in [0.25, 0.3) is 0 Å². The number of rotatable bonds is 10. The van der Waals surface area contributed by atoms with Crippen molar-refractivity contribution in [2.45, 2.75) is 51.2 Å². The first-order valence-corrected chi connectivity index (χ1v) is 6.87. The smallest absolute Gasteiger partial charge is 0.548 e. The molecule has 0 fully saturated rings. The van der Waals surface area contributed by atoms with Gasteiger partial charge in [0.2, 0.25) is 11.8 Å². The number of carbonyl (C=O) groups excluding carboxylic acids is 5. The van der Waals surface area contributed by atoms with Crippen LogP contribution in [0, 0.1) is 0 Å². The molecule has 3 atom stereocenters. The maximum absolute atomic E-state index is 11.8. The van der Waals surface area contributed by atoms with Crippen molar-refractivity contribution in [2.75, 3.05) is 0 Å². The van der Waals surface area contributed by atoms with E-state index in [4.69, 9.17) is 5.73 Å². The Balaban J connectivity index is -0.00000242. The van der Waals surface area contributed by atoms with Gasteiger partial charge in [0.05, 0.1) is 18.1 Å². The topological polar surface area (TPSA) is 182 Å². The molecule has 0 spiro atoms. The molecular weight excluding hydrogens is 324 g/mol. The van der Waals surface area contributed by atoms with Crippen molar-refractivity contribution in [1.82, 2.24) is 10.6 Å². The van der Waals surface area contributed by atoms with Gasteiger partial charge in [0.1, 0.15) is 12.0 Å². The molecule has 0 aliphatic rings. The van der Waals surface area contributed by atoms with Gasteiger partial charge in [-0.15, -0.1) is 0 Å². The number of nitrogens with one attached hydrogen (secondary N) is 2. The molecule has 0 aromatic carbocycles. The Labute approximate surface area is 169 Å². The molecule has 0 saturated carbocycles. The number of carbonyl (C=O) groups is 5. The Hall–Kier alpha value is -1.30. The van der Waals surface area contributed by atoms with Crippen LogP contribution in [0.3, 0.4) is 0 Å². The molecule has 4 N–H and O–H groups in total. The molecule has 12 heteroatoms. The normalized spacial score (nSPS) is 13.1. The van der Waals surface area contributed by atoms with Crippen LogP contribution < -0.4 is 64.3 Å². The number of aliphatic carboxylic acids is 2. The number of ketones is 1. The van der Waals surface area contributed by atoms with E-state index in [1.165, 1.54) is 13.8 Å². The fourth-order valence-corrected chi connectivity index (χ4v) is 1.52. The van der Waals surface area contributed by atoms with Gasteiger partial charge in [0, 0.05) is 6.42 Å². The summed E-state index contributed by atoms with van der Waals surface area (Å²) in [6, 6.07) is -3.29. The van der Waals surface area contributed by atoms with Gasteiger partial charge in [-0.05, 0) is 26.7 Å². The van der Waals surface area contributed by atoms with E-state index < -0.39 is 54.1 Å². The SMILES string of the molecule is C[C@H](N)C(=O)N[C@@H](C)C(=O)N[C@@H](CCCC(=O)C(=O)[O-])C(=O)[O-].[Li+].[Li+]. The molecule has 0 aromatic heterocycles. The molecule has 2 amide bonds. The van der Waals surface area contributed by atoms with Crippen LogP contribution in [0.2, 0.25) is 0 Å². The summed E-state index contributed by atoms with van der Waals surface area (Å²) in [4.78, 5) is 55.1. The van der Waals surface area contributed by atoms with Crippen LogP contribution in [0.25, 0.3) is 0 Å². The molecule has 0 bridgehead atoms. The van der Waals surface area contributed by atoms with E-state index >= 15 is 0 Å². The summed E-state index contributed by atoms with van der Waals surface area (Å²) in [5, 5.41) is 25.6. The average molecular weight is 343 g/mol. The van der Waals surface area contributed by atoms with E-state index in [9.17, 15) is 34.2 Å². The average Bonchev–Trinajstić information content (AvgIpc) is 2.44. The summed E-state index contributed by atoms with van der Waals surface area (Å²) in [6.07, 6.45) is -0.716. The fraction of sp³-hybridized carbons (Fsp3) is 0.615. The summed E-state index contributed by atoms with van der Waals surface area (Å²) < 4.78 is 0. The molecule has 0 radical (unpaired) electrons. The fourth-order valence-electron chi connectivity index (χ4n) is 1.52. The number of hydrogen-bond donors (Lipinski definition) is 3. The Kier molecular flexibility index (Phi) is 15.9. The Morgan fingerprint density at radius 2 is 1.48 bits per heavy atom. The largest absolute Gasteiger partial charge is 1.00 e. The molecule has 0 rings (SSSR count). The zero-order valence-corrected chi connectivity index (χ0v) is 14.8. The number of nitrogens with two attached hydrogens (primary N) is 1. The summed E-state index contributed by atoms with van der Waals surface area (Å²) in [7, 11) is 0. The predicted molar refractivity (Wildman–Crippen MR) is 72.1 cm³/mol. The molecule has 0 aromatic rings. The van der Waals surface area contributed by atoms with Crippen molar-refractivity contribution in [3.63, 3.8) is 0 Å². The summed E-state index contributed by atoms with van der Waals surface area (Å²) in [5.41, 5.74) is 5.32. The van der Waals surface area contributed by atoms with Crippen LogP contribution in [0.15, 0.2) is 0 Å². The van der Waals surface area contributed by atoms with Crippen molar-refractivity contribution in [2.24, 2.45) is 5.73 Å². The van der Waals surface area contributed by atoms with Gasteiger partial charge in [-0.25, -0.2) is 0 Å². The third kappa shape index (κ3) is 11.8. The minimum Gasteiger partial charge on any atom is -0.548 e. The van der Waals surface area contributed by atoms with E-state index in [1.54, 1.807) is 0 Å². The summed E-state index contributed by atoms with van der Waals surface area (Å²) in [5.74, 6) is -5.97. The number of Topliss-reactive ketones (excluding diaryl/α,β-unsaturated/α-hetero) is 1. The first-order valence-electron chi connectivity index (χ1n) is 6.87. The standard InChI is InChI=1S/C13H21N3O7.2Li/c1-6(14)10(18)15-7(2)11(19)16-8(12(20)21)4-3-5-9(17)13(22)23;;/h6-8H,3-5,14H2,1-2H3,(H,15,18)(H,16,19)(H,20,21)(H,22,23);;/q;2*+1/p-2/t6-,7-,8-;;/m0../s1. The van der Waals surface area contributed by atoms with Crippen LogP contribution in [0.4, 0.5) is 0 Å². The van der Waals surface area contributed by atoms with Crippen LogP contribution >= 0.6 is 0 Å². The van der Waals surface area contributed by atoms with Gasteiger partial charge in [-0.1, -0.05) is 0 Å². The number of carboxylic acid groups (broad SMARTS) is 2. The van der Waals surface area contributed by atoms with Crippen LogP contribution in [0.1, 0.15) is 33.1 Å². The number of amides is 2. The van der Waals surface area contributed by atoms with Gasteiger partial charge < -0.3 is 36.2 Å². The maximum atomic E-state index is 11.8. The van der Waals surface area contributed by atoms with Crippen LogP contribution in [-0.2, 0) is 24.0 Å². The molecule has 0 saturated heterocycles. The molecule has 10 nitrogen and oxygen atoms in total. The third-order valence-electron chi connectivity index (χ3n) is 2.89. The minimum atomic E-state index is -1.86. The molecule has 25 heavy (non-hydrogen) atoms. The third-order valence-corrected chi connectivity index (χ3v) is 2.89. The molecule has 0 unspecified atom stereocenters. The van der Waals surface area contributed by atoms with Crippen LogP contribution in [-0.4, -0.2) is 47.7 Å². The van der Waals surface area contributed by atoms with Crippen molar-refractivity contribution >= 4 is 29.5 Å². The second kappa shape index (κ2) is 13.9. The quantitative estimate of drug-likeness (QED) is 0.258. The van der Waals surface area contributed by atoms with Crippen molar-refractivity contribution in [1.29, 1.82) is 0 Å². The van der Waals surface area contributed by atoms with Gasteiger partial charge >= 0.3 is 37.7 Å². The van der Waals surface area contributed by atoms with E-state index in [0.29, 0.717) is 0 Å². The number of hydrogen-bond acceptors (Lipinski definition) is 8. The first-order chi connectivity index (χ1) is 10.6. The Morgan fingerprint density at radius 1 is 0.960 bits per heavy atom. The van der Waals surface area contributed by atoms with Gasteiger partial charge in [-0.3, -0.25) is 14.4 Å². The number of carboxylic acids is 2. The molecule has 0 heterocycles. The van der Waals surface area contributed by atoms with E-state index in [0.717, 1.165) is 0 Å². The molecule has 0 aliphatic heterocycles. The zero-order valence-electron chi connectivity index (χ0n) is 14.8. The van der Waals surface area contributed by atoms with E-state index in [-0.39, 0.29) is 50.6 Å². The molecular formula is C13H19Li2N3O7. The molecule has 0 aliphatic carbocycles. The van der Waals surface area contributed by atoms with Crippen molar-refractivity contribution in [3.05, 3.63) is 0 Å². The second-order valence-electron chi connectivity index (χ2n) is 5.00. The van der Waals surface area contributed by atoms with Crippen molar-refractivity contribution < 1.29 is 71.9 Å². The molecule has 130 valence electrons. The van der Waals surface area contributed by atoms with Gasteiger partial charge in [0.15, 0.2) is 5.78 Å². The second-order valence-corrected chi connectivity index (χ2v) is 5.00. The van der Waals surface area contributed by atoms with E-state index in [1.807, 2.05) is 0 Å². The first kappa shape index (κ1) is 28.5. The predicted octanol–water partition coefficient (Wildman–Crippen LogP) is -10.4. The minimum absolute atomic E-state index is 0.